The largest absolute Gasteiger partial charge is 0.399 e. The number of nitrogens with one attached hydrogen (secondary N) is 1. The number of hydrogen-bond donors (Lipinski definition) is 3. The summed E-state index contributed by atoms with van der Waals surface area (Å²) in [4.78, 5) is 0. The zero-order chi connectivity index (χ0) is 14.0. The first kappa shape index (κ1) is 14.1. The van der Waals surface area contributed by atoms with Crippen molar-refractivity contribution in [1.82, 2.24) is 0 Å². The Morgan fingerprint density at radius 2 is 1.84 bits per heavy atom. The second-order valence-corrected chi connectivity index (χ2v) is 5.61. The first-order valence-corrected chi connectivity index (χ1v) is 6.59. The third kappa shape index (κ3) is 2.97. The molecule has 0 heterocycles. The summed E-state index contributed by atoms with van der Waals surface area (Å²) in [5.41, 5.74) is 4.61. The number of benzene rings is 1. The molecule has 0 bridgehead atoms. The molecule has 1 aromatic carbocycles. The molecule has 0 atom stereocenters. The molecule has 2 rings (SSSR count). The Labute approximate surface area is 111 Å². The van der Waals surface area contributed by atoms with E-state index in [9.17, 15) is 13.9 Å². The maximum atomic E-state index is 13.8. The van der Waals surface area contributed by atoms with E-state index in [1.807, 2.05) is 0 Å². The first-order valence-electron chi connectivity index (χ1n) is 6.59. The Balaban J connectivity index is 2.24. The van der Waals surface area contributed by atoms with Gasteiger partial charge in [0.2, 0.25) is 0 Å². The molecule has 19 heavy (non-hydrogen) atoms. The van der Waals surface area contributed by atoms with Gasteiger partial charge in [-0.25, -0.2) is 8.78 Å². The molecule has 1 aliphatic rings. The van der Waals surface area contributed by atoms with E-state index in [4.69, 9.17) is 5.73 Å². The molecule has 0 unspecified atom stereocenters. The van der Waals surface area contributed by atoms with Crippen molar-refractivity contribution in [3.8, 4) is 0 Å². The number of nitrogens with two attached hydrogens (primary N) is 1. The third-order valence-electron chi connectivity index (χ3n) is 3.99. The van der Waals surface area contributed by atoms with Crippen LogP contribution in [0.1, 0.15) is 32.6 Å². The second-order valence-electron chi connectivity index (χ2n) is 5.61. The maximum Gasteiger partial charge on any atom is 0.151 e. The molecular weight excluding hydrogens is 250 g/mol. The molecule has 3 nitrogen and oxygen atoms in total. The highest BCUT2D eigenvalue weighted by molar-refractivity contribution is 5.55. The van der Waals surface area contributed by atoms with Gasteiger partial charge in [0.1, 0.15) is 5.69 Å². The van der Waals surface area contributed by atoms with Crippen molar-refractivity contribution >= 4 is 11.4 Å². The molecule has 106 valence electrons. The molecule has 1 aliphatic carbocycles. The number of rotatable bonds is 3. The predicted octanol–water partition coefficient (Wildman–Crippen LogP) is 2.90. The lowest BCUT2D eigenvalue weighted by Gasteiger charge is -2.39. The third-order valence-corrected chi connectivity index (χ3v) is 3.99. The van der Waals surface area contributed by atoms with Crippen LogP contribution in [0.15, 0.2) is 12.1 Å². The van der Waals surface area contributed by atoms with Crippen LogP contribution in [0.2, 0.25) is 0 Å². The van der Waals surface area contributed by atoms with Gasteiger partial charge >= 0.3 is 0 Å². The average Bonchev–Trinajstić information content (AvgIpc) is 2.36. The molecule has 0 amide bonds. The molecule has 0 radical (unpaired) electrons. The fourth-order valence-electron chi connectivity index (χ4n) is 2.61. The molecule has 0 aliphatic heterocycles. The van der Waals surface area contributed by atoms with Gasteiger partial charge in [0, 0.05) is 5.69 Å². The van der Waals surface area contributed by atoms with E-state index in [1.54, 1.807) is 0 Å². The van der Waals surface area contributed by atoms with Crippen molar-refractivity contribution in [2.45, 2.75) is 38.1 Å². The molecule has 0 saturated heterocycles. The zero-order valence-corrected chi connectivity index (χ0v) is 11.0. The molecular formula is C14H20F2N2O. The predicted molar refractivity (Wildman–Crippen MR) is 71.8 cm³/mol. The quantitative estimate of drug-likeness (QED) is 0.740. The molecule has 4 N–H and O–H groups in total. The summed E-state index contributed by atoms with van der Waals surface area (Å²) in [6.07, 6.45) is 3.28. The van der Waals surface area contributed by atoms with Gasteiger partial charge in [-0.1, -0.05) is 6.92 Å². The van der Waals surface area contributed by atoms with Gasteiger partial charge in [0.25, 0.3) is 0 Å². The Kier molecular flexibility index (Phi) is 3.94. The van der Waals surface area contributed by atoms with Crippen LogP contribution in [0.25, 0.3) is 0 Å². The fraction of sp³-hybridized carbons (Fsp3) is 0.571. The van der Waals surface area contributed by atoms with Gasteiger partial charge in [-0.15, -0.1) is 0 Å². The number of aliphatic hydroxyl groups excluding tert-OH is 1. The van der Waals surface area contributed by atoms with Gasteiger partial charge in [0.05, 0.1) is 12.1 Å². The minimum Gasteiger partial charge on any atom is -0.399 e. The Bertz CT molecular complexity index is 434. The van der Waals surface area contributed by atoms with Crippen molar-refractivity contribution < 1.29 is 13.9 Å². The summed E-state index contributed by atoms with van der Waals surface area (Å²) in [6, 6.07) is 2.17. The van der Waals surface area contributed by atoms with Gasteiger partial charge in [-0.2, -0.15) is 0 Å². The van der Waals surface area contributed by atoms with Gasteiger partial charge < -0.3 is 16.2 Å². The highest BCUT2D eigenvalue weighted by atomic mass is 19.1. The first-order chi connectivity index (χ1) is 8.96. The van der Waals surface area contributed by atoms with E-state index < -0.39 is 17.2 Å². The van der Waals surface area contributed by atoms with E-state index in [-0.39, 0.29) is 18.0 Å². The summed E-state index contributed by atoms with van der Waals surface area (Å²) in [6.45, 7) is 2.01. The standard InChI is InChI=1S/C14H20F2N2O/c1-9-2-4-14(8-19,5-3-9)18-13-11(15)6-10(17)7-12(13)16/h6-7,9,18-19H,2-5,8,17H2,1H3. The monoisotopic (exact) mass is 270 g/mol. The summed E-state index contributed by atoms with van der Waals surface area (Å²) < 4.78 is 27.6. The van der Waals surface area contributed by atoms with E-state index in [1.165, 1.54) is 0 Å². The highest BCUT2D eigenvalue weighted by Gasteiger charge is 2.34. The number of hydrogen-bond acceptors (Lipinski definition) is 3. The summed E-state index contributed by atoms with van der Waals surface area (Å²) in [5, 5.41) is 12.5. The molecule has 0 spiro atoms. The van der Waals surface area contributed by atoms with E-state index in [0.29, 0.717) is 18.8 Å². The lowest BCUT2D eigenvalue weighted by atomic mass is 9.77. The van der Waals surface area contributed by atoms with E-state index in [0.717, 1.165) is 25.0 Å². The van der Waals surface area contributed by atoms with Gasteiger partial charge in [-0.05, 0) is 43.7 Å². The summed E-state index contributed by atoms with van der Waals surface area (Å²) in [5.74, 6) is -0.851. The number of aliphatic hydroxyl groups is 1. The van der Waals surface area contributed by atoms with Crippen LogP contribution in [0, 0.1) is 17.6 Å². The van der Waals surface area contributed by atoms with Crippen LogP contribution >= 0.6 is 0 Å². The van der Waals surface area contributed by atoms with Crippen LogP contribution in [0.3, 0.4) is 0 Å². The molecule has 5 heteroatoms. The molecule has 1 aromatic rings. The SMILES string of the molecule is CC1CCC(CO)(Nc2c(F)cc(N)cc2F)CC1. The lowest BCUT2D eigenvalue weighted by molar-refractivity contribution is 0.154. The molecule has 1 fully saturated rings. The number of anilines is 2. The van der Waals surface area contributed by atoms with Crippen molar-refractivity contribution in [2.75, 3.05) is 17.7 Å². The summed E-state index contributed by atoms with van der Waals surface area (Å²) in [7, 11) is 0. The van der Waals surface area contributed by atoms with Crippen molar-refractivity contribution in [3.63, 3.8) is 0 Å². The summed E-state index contributed by atoms with van der Waals surface area (Å²) >= 11 is 0. The minimum atomic E-state index is -0.719. The van der Waals surface area contributed by atoms with E-state index >= 15 is 0 Å². The van der Waals surface area contributed by atoms with Crippen molar-refractivity contribution in [3.05, 3.63) is 23.8 Å². The van der Waals surface area contributed by atoms with Gasteiger partial charge in [-0.3, -0.25) is 0 Å². The smallest absolute Gasteiger partial charge is 0.151 e. The van der Waals surface area contributed by atoms with Crippen LogP contribution in [-0.2, 0) is 0 Å². The van der Waals surface area contributed by atoms with Crippen molar-refractivity contribution in [2.24, 2.45) is 5.92 Å². The number of nitrogen functional groups attached to an aromatic ring is 1. The number of halogens is 2. The fourth-order valence-corrected chi connectivity index (χ4v) is 2.61. The average molecular weight is 270 g/mol. The Morgan fingerprint density at radius 1 is 1.32 bits per heavy atom. The van der Waals surface area contributed by atoms with Crippen LogP contribution < -0.4 is 11.1 Å². The minimum absolute atomic E-state index is 0.0517. The van der Waals surface area contributed by atoms with Crippen LogP contribution in [0.4, 0.5) is 20.2 Å². The van der Waals surface area contributed by atoms with Crippen LogP contribution in [-0.4, -0.2) is 17.3 Å². The Morgan fingerprint density at radius 3 is 2.32 bits per heavy atom. The van der Waals surface area contributed by atoms with E-state index in [2.05, 4.69) is 12.2 Å². The molecule has 1 saturated carbocycles. The van der Waals surface area contributed by atoms with Crippen LogP contribution in [0.5, 0.6) is 0 Å². The van der Waals surface area contributed by atoms with Crippen molar-refractivity contribution in [1.29, 1.82) is 0 Å². The Hall–Kier alpha value is -1.36. The second kappa shape index (κ2) is 5.33. The lowest BCUT2D eigenvalue weighted by Crippen LogP contribution is -2.45. The maximum absolute atomic E-state index is 13.8. The van der Waals surface area contributed by atoms with Gasteiger partial charge in [0.15, 0.2) is 11.6 Å². The topological polar surface area (TPSA) is 58.3 Å². The molecule has 0 aromatic heterocycles. The zero-order valence-electron chi connectivity index (χ0n) is 11.0. The highest BCUT2D eigenvalue weighted by Crippen LogP contribution is 2.36. The normalized spacial score (nSPS) is 27.3.